The average molecular weight is 387 g/mol. The summed E-state index contributed by atoms with van der Waals surface area (Å²) < 4.78 is 3.07. The van der Waals surface area contributed by atoms with Crippen LogP contribution in [0, 0.1) is 0 Å². The van der Waals surface area contributed by atoms with Crippen molar-refractivity contribution in [2.45, 2.75) is 25.9 Å². The summed E-state index contributed by atoms with van der Waals surface area (Å²) in [5.74, 6) is 1.59. The number of nitrogens with one attached hydrogen (secondary N) is 2. The van der Waals surface area contributed by atoms with Crippen LogP contribution in [0.2, 0.25) is 0 Å². The molecule has 7 nitrogen and oxygen atoms in total. The van der Waals surface area contributed by atoms with E-state index in [-0.39, 0.29) is 5.91 Å². The summed E-state index contributed by atoms with van der Waals surface area (Å²) in [6, 6.07) is 9.51. The number of carbonyl (C=O) groups is 1. The van der Waals surface area contributed by atoms with Crippen molar-refractivity contribution in [1.29, 1.82) is 0 Å². The van der Waals surface area contributed by atoms with Crippen LogP contribution in [-0.2, 0) is 19.5 Å². The van der Waals surface area contributed by atoms with E-state index < -0.39 is 0 Å². The maximum atomic E-state index is 12.3. The molecule has 1 aliphatic rings. The SMILES string of the molecule is O=C(NCc1nnc2n1CCC2)c1cc(-c2ccc(Br)cc2)n[nH]1. The number of hydrogen-bond donors (Lipinski definition) is 2. The van der Waals surface area contributed by atoms with Crippen LogP contribution in [0.3, 0.4) is 0 Å². The molecule has 0 spiro atoms. The van der Waals surface area contributed by atoms with Crippen molar-refractivity contribution in [2.24, 2.45) is 0 Å². The molecule has 3 heterocycles. The number of H-pyrrole nitrogens is 1. The molecule has 0 saturated carbocycles. The van der Waals surface area contributed by atoms with Gasteiger partial charge in [-0.15, -0.1) is 10.2 Å². The van der Waals surface area contributed by atoms with Crippen molar-refractivity contribution in [2.75, 3.05) is 0 Å². The number of carbonyl (C=O) groups excluding carboxylic acids is 1. The van der Waals surface area contributed by atoms with Crippen LogP contribution >= 0.6 is 15.9 Å². The van der Waals surface area contributed by atoms with Gasteiger partial charge in [-0.2, -0.15) is 5.10 Å². The molecule has 0 aliphatic carbocycles. The molecule has 0 unspecified atom stereocenters. The number of aromatic nitrogens is 5. The highest BCUT2D eigenvalue weighted by Crippen LogP contribution is 2.20. The monoisotopic (exact) mass is 386 g/mol. The van der Waals surface area contributed by atoms with E-state index >= 15 is 0 Å². The van der Waals surface area contributed by atoms with E-state index in [1.54, 1.807) is 6.07 Å². The Labute approximate surface area is 146 Å². The topological polar surface area (TPSA) is 88.5 Å². The van der Waals surface area contributed by atoms with Crippen LogP contribution in [0.15, 0.2) is 34.8 Å². The molecular weight excluding hydrogens is 372 g/mol. The van der Waals surface area contributed by atoms with Crippen molar-refractivity contribution in [3.63, 3.8) is 0 Å². The van der Waals surface area contributed by atoms with Crippen LogP contribution in [-0.4, -0.2) is 30.9 Å². The zero-order chi connectivity index (χ0) is 16.5. The lowest BCUT2D eigenvalue weighted by Gasteiger charge is -2.04. The van der Waals surface area contributed by atoms with Gasteiger partial charge in [0.2, 0.25) is 0 Å². The minimum Gasteiger partial charge on any atom is -0.343 e. The van der Waals surface area contributed by atoms with Gasteiger partial charge in [0.25, 0.3) is 5.91 Å². The zero-order valence-electron chi connectivity index (χ0n) is 12.8. The van der Waals surface area contributed by atoms with Crippen molar-refractivity contribution < 1.29 is 4.79 Å². The summed E-state index contributed by atoms with van der Waals surface area (Å²) in [7, 11) is 0. The maximum absolute atomic E-state index is 12.3. The lowest BCUT2D eigenvalue weighted by Crippen LogP contribution is -2.25. The first-order valence-corrected chi connectivity index (χ1v) is 8.50. The minimum atomic E-state index is -0.207. The van der Waals surface area contributed by atoms with Crippen molar-refractivity contribution in [3.05, 3.63) is 52.1 Å². The van der Waals surface area contributed by atoms with Gasteiger partial charge in [-0.05, 0) is 24.6 Å². The molecule has 0 atom stereocenters. The van der Waals surface area contributed by atoms with Gasteiger partial charge < -0.3 is 9.88 Å². The summed E-state index contributed by atoms with van der Waals surface area (Å²) in [5.41, 5.74) is 2.11. The first-order chi connectivity index (χ1) is 11.7. The third-order valence-corrected chi connectivity index (χ3v) is 4.58. The van der Waals surface area contributed by atoms with Gasteiger partial charge >= 0.3 is 0 Å². The maximum Gasteiger partial charge on any atom is 0.269 e. The molecule has 1 aromatic carbocycles. The van der Waals surface area contributed by atoms with Gasteiger partial charge in [0.1, 0.15) is 11.5 Å². The number of nitrogens with zero attached hydrogens (tertiary/aromatic N) is 4. The summed E-state index contributed by atoms with van der Waals surface area (Å²) >= 11 is 3.40. The van der Waals surface area contributed by atoms with Crippen LogP contribution < -0.4 is 5.32 Å². The zero-order valence-corrected chi connectivity index (χ0v) is 14.4. The number of benzene rings is 1. The molecule has 1 aliphatic heterocycles. The quantitative estimate of drug-likeness (QED) is 0.719. The van der Waals surface area contributed by atoms with Gasteiger partial charge in [0.15, 0.2) is 5.82 Å². The van der Waals surface area contributed by atoms with E-state index in [1.165, 1.54) is 0 Å². The first kappa shape index (κ1) is 15.1. The fourth-order valence-electron chi connectivity index (χ4n) is 2.80. The second-order valence-corrected chi connectivity index (χ2v) is 6.56. The number of aromatic amines is 1. The standard InChI is InChI=1S/C16H15BrN6O/c17-11-5-3-10(4-6-11)12-8-13(20-19-12)16(24)18-9-15-22-21-14-2-1-7-23(14)15/h3-6,8H,1-2,7,9H2,(H,18,24)(H,19,20). The highest BCUT2D eigenvalue weighted by atomic mass is 79.9. The fourth-order valence-corrected chi connectivity index (χ4v) is 3.07. The molecule has 1 amide bonds. The summed E-state index contributed by atoms with van der Waals surface area (Å²) in [4.78, 5) is 12.3. The molecule has 2 N–H and O–H groups in total. The van der Waals surface area contributed by atoms with Crippen LogP contribution in [0.25, 0.3) is 11.3 Å². The van der Waals surface area contributed by atoms with Crippen molar-refractivity contribution in [1.82, 2.24) is 30.3 Å². The smallest absolute Gasteiger partial charge is 0.269 e. The van der Waals surface area contributed by atoms with Gasteiger partial charge in [-0.3, -0.25) is 9.89 Å². The van der Waals surface area contributed by atoms with E-state index in [0.717, 1.165) is 46.8 Å². The molecule has 0 bridgehead atoms. The fraction of sp³-hybridized carbons (Fsp3) is 0.250. The first-order valence-electron chi connectivity index (χ1n) is 7.71. The lowest BCUT2D eigenvalue weighted by molar-refractivity contribution is 0.0944. The Morgan fingerprint density at radius 2 is 2.12 bits per heavy atom. The van der Waals surface area contributed by atoms with E-state index in [2.05, 4.69) is 46.2 Å². The summed E-state index contributed by atoms with van der Waals surface area (Å²) in [5, 5.41) is 18.1. The normalized spacial score (nSPS) is 13.0. The van der Waals surface area contributed by atoms with Gasteiger partial charge in [0.05, 0.1) is 12.2 Å². The van der Waals surface area contributed by atoms with Crippen LogP contribution in [0.1, 0.15) is 28.6 Å². The Bertz CT molecular complexity index is 882. The largest absolute Gasteiger partial charge is 0.343 e. The van der Waals surface area contributed by atoms with Gasteiger partial charge in [-0.25, -0.2) is 0 Å². The third-order valence-electron chi connectivity index (χ3n) is 4.06. The van der Waals surface area contributed by atoms with Crippen molar-refractivity contribution >= 4 is 21.8 Å². The Balaban J connectivity index is 1.44. The highest BCUT2D eigenvalue weighted by Gasteiger charge is 2.18. The average Bonchev–Trinajstić information content (AvgIpc) is 3.30. The molecule has 3 aromatic rings. The van der Waals surface area contributed by atoms with Crippen LogP contribution in [0.4, 0.5) is 0 Å². The minimum absolute atomic E-state index is 0.207. The van der Waals surface area contributed by atoms with E-state index in [0.29, 0.717) is 12.2 Å². The number of rotatable bonds is 4. The molecule has 0 fully saturated rings. The summed E-state index contributed by atoms with van der Waals surface area (Å²) in [6.07, 6.45) is 2.04. The molecule has 0 radical (unpaired) electrons. The van der Waals surface area contributed by atoms with E-state index in [9.17, 15) is 4.79 Å². The second-order valence-electron chi connectivity index (χ2n) is 5.64. The molecule has 2 aromatic heterocycles. The van der Waals surface area contributed by atoms with Gasteiger partial charge in [-0.1, -0.05) is 28.1 Å². The highest BCUT2D eigenvalue weighted by molar-refractivity contribution is 9.10. The molecule has 122 valence electrons. The number of amides is 1. The second kappa shape index (κ2) is 6.20. The molecular formula is C16H15BrN6O. The lowest BCUT2D eigenvalue weighted by atomic mass is 10.1. The molecule has 24 heavy (non-hydrogen) atoms. The van der Waals surface area contributed by atoms with Crippen LogP contribution in [0.5, 0.6) is 0 Å². The number of aryl methyl sites for hydroxylation is 1. The Kier molecular flexibility index (Phi) is 3.89. The molecule has 8 heteroatoms. The van der Waals surface area contributed by atoms with Crippen molar-refractivity contribution in [3.8, 4) is 11.3 Å². The number of hydrogen-bond acceptors (Lipinski definition) is 4. The molecule has 0 saturated heterocycles. The van der Waals surface area contributed by atoms with E-state index in [1.807, 2.05) is 24.3 Å². The predicted octanol–water partition coefficient (Wildman–Crippen LogP) is 2.31. The third kappa shape index (κ3) is 2.84. The number of halogens is 1. The summed E-state index contributed by atoms with van der Waals surface area (Å²) in [6.45, 7) is 1.28. The Hall–Kier alpha value is -2.48. The number of fused-ring (bicyclic) bond motifs is 1. The van der Waals surface area contributed by atoms with Gasteiger partial charge in [0, 0.05) is 23.0 Å². The van der Waals surface area contributed by atoms with E-state index in [4.69, 9.17) is 0 Å². The molecule has 4 rings (SSSR count). The Morgan fingerprint density at radius 1 is 1.29 bits per heavy atom. The Morgan fingerprint density at radius 3 is 2.96 bits per heavy atom. The predicted molar refractivity (Wildman–Crippen MR) is 91.2 cm³/mol.